The maximum atomic E-state index is 13.7. The third-order valence-corrected chi connectivity index (χ3v) is 6.62. The number of carbonyl (C=O) groups is 2. The molecule has 2 aliphatic rings. The summed E-state index contributed by atoms with van der Waals surface area (Å²) in [6, 6.07) is 22.1. The quantitative estimate of drug-likeness (QED) is 0.488. The molecule has 5 rings (SSSR count). The number of methoxy groups -OCH3 is 1. The number of ether oxygens (including phenoxy) is 1. The molecule has 2 amide bonds. The van der Waals surface area contributed by atoms with Crippen molar-refractivity contribution >= 4 is 39.1 Å². The van der Waals surface area contributed by atoms with Crippen molar-refractivity contribution in [3.8, 4) is 5.75 Å². The predicted octanol–water partition coefficient (Wildman–Crippen LogP) is 4.82. The number of benzene rings is 3. The van der Waals surface area contributed by atoms with Gasteiger partial charge in [-0.2, -0.15) is 0 Å². The van der Waals surface area contributed by atoms with Crippen LogP contribution in [0.1, 0.15) is 17.2 Å². The first-order chi connectivity index (χ1) is 15.5. The number of aryl methyl sites for hydroxylation is 1. The number of hydrogen-bond donors (Lipinski definition) is 0. The van der Waals surface area contributed by atoms with Gasteiger partial charge in [-0.25, -0.2) is 9.96 Å². The summed E-state index contributed by atoms with van der Waals surface area (Å²) in [6.07, 6.45) is -0.895. The fourth-order valence-electron chi connectivity index (χ4n) is 4.47. The van der Waals surface area contributed by atoms with Crippen molar-refractivity contribution < 1.29 is 19.2 Å². The number of fused-ring (bicyclic) bond motifs is 1. The second-order valence-electron chi connectivity index (χ2n) is 7.85. The van der Waals surface area contributed by atoms with E-state index in [2.05, 4.69) is 15.9 Å². The maximum Gasteiger partial charge on any atom is 0.266 e. The van der Waals surface area contributed by atoms with Crippen LogP contribution in [0.25, 0.3) is 0 Å². The van der Waals surface area contributed by atoms with E-state index in [1.165, 1.54) is 4.90 Å². The highest BCUT2D eigenvalue weighted by Gasteiger charge is 2.60. The first kappa shape index (κ1) is 20.7. The van der Waals surface area contributed by atoms with Gasteiger partial charge in [0.1, 0.15) is 11.7 Å². The number of anilines is 2. The van der Waals surface area contributed by atoms with Crippen LogP contribution in [0.15, 0.2) is 77.3 Å². The Morgan fingerprint density at radius 2 is 1.66 bits per heavy atom. The van der Waals surface area contributed by atoms with Crippen molar-refractivity contribution in [2.75, 3.05) is 17.1 Å². The van der Waals surface area contributed by atoms with Crippen molar-refractivity contribution in [2.45, 2.75) is 19.1 Å². The molecule has 162 valence electrons. The van der Waals surface area contributed by atoms with Crippen molar-refractivity contribution in [3.05, 3.63) is 88.4 Å². The van der Waals surface area contributed by atoms with E-state index in [9.17, 15) is 9.59 Å². The van der Waals surface area contributed by atoms with Crippen LogP contribution in [0.2, 0.25) is 0 Å². The summed E-state index contributed by atoms with van der Waals surface area (Å²) in [5, 5.41) is 1.69. The summed E-state index contributed by atoms with van der Waals surface area (Å²) in [6.45, 7) is 1.89. The largest absolute Gasteiger partial charge is 0.496 e. The monoisotopic (exact) mass is 492 g/mol. The van der Waals surface area contributed by atoms with E-state index in [-0.39, 0.29) is 11.8 Å². The SMILES string of the molecule is COc1ccc(C2C3C(=O)N(c4ccccc4C)C(=O)C3ON2c2ccccc2)cc1Br. The summed E-state index contributed by atoms with van der Waals surface area (Å²) in [7, 11) is 1.60. The number of nitrogens with zero attached hydrogens (tertiary/aromatic N) is 2. The molecule has 3 aromatic carbocycles. The number of para-hydroxylation sites is 2. The number of hydrogen-bond acceptors (Lipinski definition) is 5. The lowest BCUT2D eigenvalue weighted by Gasteiger charge is -2.29. The summed E-state index contributed by atoms with van der Waals surface area (Å²) >= 11 is 3.54. The van der Waals surface area contributed by atoms with Gasteiger partial charge in [0.15, 0.2) is 6.10 Å². The fraction of sp³-hybridized carbons (Fsp3) is 0.200. The molecule has 2 fully saturated rings. The molecular formula is C25H21BrN2O4. The van der Waals surface area contributed by atoms with Gasteiger partial charge in [0.05, 0.1) is 29.0 Å². The second-order valence-corrected chi connectivity index (χ2v) is 8.70. The molecule has 3 aromatic rings. The minimum Gasteiger partial charge on any atom is -0.496 e. The van der Waals surface area contributed by atoms with Crippen LogP contribution in [-0.2, 0) is 14.4 Å². The van der Waals surface area contributed by atoms with Crippen molar-refractivity contribution in [2.24, 2.45) is 5.92 Å². The highest BCUT2D eigenvalue weighted by Crippen LogP contribution is 2.48. The molecule has 0 spiro atoms. The summed E-state index contributed by atoms with van der Waals surface area (Å²) in [5.41, 5.74) is 3.09. The minimum atomic E-state index is -0.895. The first-order valence-corrected chi connectivity index (χ1v) is 11.1. The molecule has 32 heavy (non-hydrogen) atoms. The minimum absolute atomic E-state index is 0.260. The molecule has 2 aliphatic heterocycles. The van der Waals surface area contributed by atoms with Gasteiger partial charge in [0.25, 0.3) is 5.91 Å². The zero-order valence-corrected chi connectivity index (χ0v) is 19.2. The molecule has 2 heterocycles. The zero-order valence-electron chi connectivity index (χ0n) is 17.6. The van der Waals surface area contributed by atoms with E-state index in [0.717, 1.165) is 21.3 Å². The summed E-state index contributed by atoms with van der Waals surface area (Å²) < 4.78 is 6.13. The standard InChI is InChI=1S/C25H21BrN2O4/c1-15-8-6-7-11-19(15)27-24(29)21-22(16-12-13-20(31-2)18(26)14-16)28(32-23(21)25(27)30)17-9-4-3-5-10-17/h3-14,21-23H,1-2H3. The maximum absolute atomic E-state index is 13.7. The van der Waals surface area contributed by atoms with Crippen LogP contribution in [0.3, 0.4) is 0 Å². The van der Waals surface area contributed by atoms with Crippen molar-refractivity contribution in [1.29, 1.82) is 0 Å². The van der Waals surface area contributed by atoms with Crippen LogP contribution in [0.5, 0.6) is 5.75 Å². The molecule has 0 aliphatic carbocycles. The molecule has 6 nitrogen and oxygen atoms in total. The third-order valence-electron chi connectivity index (χ3n) is 6.00. The normalized spacial score (nSPS) is 22.4. The summed E-state index contributed by atoms with van der Waals surface area (Å²) in [4.78, 5) is 34.5. The van der Waals surface area contributed by atoms with Gasteiger partial charge in [0, 0.05) is 0 Å². The van der Waals surface area contributed by atoms with Crippen LogP contribution < -0.4 is 14.7 Å². The Balaban J connectivity index is 1.61. The Morgan fingerprint density at radius 3 is 2.34 bits per heavy atom. The van der Waals surface area contributed by atoms with Crippen LogP contribution in [0.4, 0.5) is 11.4 Å². The number of rotatable bonds is 4. The van der Waals surface area contributed by atoms with E-state index in [1.54, 1.807) is 18.2 Å². The first-order valence-electron chi connectivity index (χ1n) is 10.3. The van der Waals surface area contributed by atoms with Crippen LogP contribution >= 0.6 is 15.9 Å². The second kappa shape index (κ2) is 8.07. The van der Waals surface area contributed by atoms with Gasteiger partial charge in [-0.1, -0.05) is 42.5 Å². The smallest absolute Gasteiger partial charge is 0.266 e. The average Bonchev–Trinajstić information content (AvgIpc) is 3.31. The lowest BCUT2D eigenvalue weighted by Crippen LogP contribution is -2.37. The molecule has 2 saturated heterocycles. The molecule has 0 saturated carbocycles. The molecule has 0 bridgehead atoms. The van der Waals surface area contributed by atoms with Crippen LogP contribution in [0, 0.1) is 12.8 Å². The Kier molecular flexibility index (Phi) is 5.23. The van der Waals surface area contributed by atoms with E-state index in [1.807, 2.05) is 73.7 Å². The van der Waals surface area contributed by atoms with E-state index in [4.69, 9.17) is 9.57 Å². The van der Waals surface area contributed by atoms with Gasteiger partial charge in [-0.05, 0) is 64.3 Å². The Labute approximate surface area is 194 Å². The average molecular weight is 493 g/mol. The topological polar surface area (TPSA) is 59.1 Å². The van der Waals surface area contributed by atoms with Gasteiger partial charge < -0.3 is 4.74 Å². The Hall–Kier alpha value is -3.16. The fourth-order valence-corrected chi connectivity index (χ4v) is 5.03. The van der Waals surface area contributed by atoms with Gasteiger partial charge in [-0.15, -0.1) is 0 Å². The number of amides is 2. The van der Waals surface area contributed by atoms with E-state index in [0.29, 0.717) is 11.4 Å². The van der Waals surface area contributed by atoms with Crippen molar-refractivity contribution in [1.82, 2.24) is 0 Å². The Bertz CT molecular complexity index is 1200. The number of carbonyl (C=O) groups excluding carboxylic acids is 2. The lowest BCUT2D eigenvalue weighted by molar-refractivity contribution is -0.126. The van der Waals surface area contributed by atoms with Crippen molar-refractivity contribution in [3.63, 3.8) is 0 Å². The lowest BCUT2D eigenvalue weighted by atomic mass is 9.90. The molecule has 0 radical (unpaired) electrons. The Morgan fingerprint density at radius 1 is 0.938 bits per heavy atom. The predicted molar refractivity (Wildman–Crippen MR) is 124 cm³/mol. The molecule has 3 unspecified atom stereocenters. The molecule has 7 heteroatoms. The third kappa shape index (κ3) is 3.20. The number of hydroxylamine groups is 1. The van der Waals surface area contributed by atoms with E-state index < -0.39 is 18.1 Å². The van der Waals surface area contributed by atoms with Gasteiger partial charge in [0.2, 0.25) is 5.91 Å². The van der Waals surface area contributed by atoms with Crippen LogP contribution in [-0.4, -0.2) is 25.0 Å². The zero-order chi connectivity index (χ0) is 22.4. The molecule has 3 atom stereocenters. The molecule has 0 N–H and O–H groups in total. The molecule has 0 aromatic heterocycles. The number of halogens is 1. The van der Waals surface area contributed by atoms with Gasteiger partial charge in [-0.3, -0.25) is 14.4 Å². The highest BCUT2D eigenvalue weighted by atomic mass is 79.9. The van der Waals surface area contributed by atoms with Gasteiger partial charge >= 0.3 is 0 Å². The van der Waals surface area contributed by atoms with E-state index >= 15 is 0 Å². The molecular weight excluding hydrogens is 472 g/mol. The number of imide groups is 1. The highest BCUT2D eigenvalue weighted by molar-refractivity contribution is 9.10. The summed E-state index contributed by atoms with van der Waals surface area (Å²) in [5.74, 6) is -0.594.